The van der Waals surface area contributed by atoms with E-state index in [4.69, 9.17) is 23.2 Å². The largest absolute Gasteiger partial charge is 0.506 e. The maximum absolute atomic E-state index is 12.5. The summed E-state index contributed by atoms with van der Waals surface area (Å²) in [6, 6.07) is 15.0. The van der Waals surface area contributed by atoms with Crippen LogP contribution in [0.4, 0.5) is 5.69 Å². The van der Waals surface area contributed by atoms with Crippen molar-refractivity contribution in [2.75, 3.05) is 17.5 Å². The fraction of sp³-hybridized carbons (Fsp3) is 0.321. The average molecular weight is 611 g/mol. The molecule has 0 aliphatic carbocycles. The number of β-amino-alcohol motifs (C(OH)–C–C–N with tert-alkyl or cyclic N) is 1. The number of carbonyl (C=O) groups is 1. The van der Waals surface area contributed by atoms with Crippen LogP contribution >= 0.6 is 23.2 Å². The quantitative estimate of drug-likeness (QED) is 0.168. The summed E-state index contributed by atoms with van der Waals surface area (Å²) in [5.41, 5.74) is 2.51. The minimum absolute atomic E-state index is 0.00479. The molecule has 216 valence electrons. The van der Waals surface area contributed by atoms with Gasteiger partial charge in [0.05, 0.1) is 34.5 Å². The maximum atomic E-state index is 12.5. The Morgan fingerprint density at radius 3 is 2.27 bits per heavy atom. The second-order valence-electron chi connectivity index (χ2n) is 10.3. The van der Waals surface area contributed by atoms with Crippen molar-refractivity contribution in [3.63, 3.8) is 0 Å². The van der Waals surface area contributed by atoms with Gasteiger partial charge >= 0.3 is 0 Å². The number of hydrogen-bond donors (Lipinski definition) is 6. The van der Waals surface area contributed by atoms with Gasteiger partial charge in [-0.15, -0.1) is 0 Å². The van der Waals surface area contributed by atoms with E-state index >= 15 is 0 Å². The molecule has 0 aliphatic heterocycles. The number of phenolic OH excluding ortho intramolecular Hbond substituents is 2. The van der Waals surface area contributed by atoms with Crippen LogP contribution in [0.1, 0.15) is 42.2 Å². The van der Waals surface area contributed by atoms with Crippen molar-refractivity contribution in [3.05, 3.63) is 86.9 Å². The van der Waals surface area contributed by atoms with E-state index in [0.717, 1.165) is 17.4 Å². The highest BCUT2D eigenvalue weighted by Crippen LogP contribution is 2.32. The first kappa shape index (κ1) is 31.5. The standard InChI is InChI=1S/C28H33Cl2N3O6S/c1-28(2,32-16-25(35)20-7-8-24(34)23(13-20)33-40(3,38)39)14-18-6-4-5-17(9-18)12-26(36)31-15-19-10-21(29)27(37)22(30)11-19/h4-11,13,25,32-35,37H,12,14-16H2,1-3H3,(H,31,36)/t25-/m0/s1. The molecule has 40 heavy (non-hydrogen) atoms. The van der Waals surface area contributed by atoms with E-state index in [9.17, 15) is 28.5 Å². The molecule has 3 aromatic rings. The third-order valence-electron chi connectivity index (χ3n) is 6.04. The molecule has 6 N–H and O–H groups in total. The number of rotatable bonds is 12. The normalized spacial score (nSPS) is 12.7. The summed E-state index contributed by atoms with van der Waals surface area (Å²) in [6.07, 6.45) is 0.806. The summed E-state index contributed by atoms with van der Waals surface area (Å²) in [5, 5.41) is 36.7. The molecule has 1 atom stereocenters. The van der Waals surface area contributed by atoms with Gasteiger partial charge in [0.25, 0.3) is 0 Å². The van der Waals surface area contributed by atoms with Gasteiger partial charge in [-0.1, -0.05) is 53.5 Å². The molecule has 0 fully saturated rings. The number of aromatic hydroxyl groups is 2. The molecule has 0 heterocycles. The van der Waals surface area contributed by atoms with Gasteiger partial charge in [0.15, 0.2) is 5.75 Å². The lowest BCUT2D eigenvalue weighted by Crippen LogP contribution is -2.43. The number of carbonyl (C=O) groups excluding carboxylic acids is 1. The lowest BCUT2D eigenvalue weighted by atomic mass is 9.93. The predicted molar refractivity (Wildman–Crippen MR) is 157 cm³/mol. The summed E-state index contributed by atoms with van der Waals surface area (Å²) >= 11 is 11.9. The lowest BCUT2D eigenvalue weighted by molar-refractivity contribution is -0.120. The highest BCUT2D eigenvalue weighted by atomic mass is 35.5. The van der Waals surface area contributed by atoms with Crippen LogP contribution in [0.25, 0.3) is 0 Å². The molecule has 3 rings (SSSR count). The Kier molecular flexibility index (Phi) is 10.3. The van der Waals surface area contributed by atoms with Crippen molar-refractivity contribution in [3.8, 4) is 11.5 Å². The van der Waals surface area contributed by atoms with Crippen molar-refractivity contribution in [1.29, 1.82) is 0 Å². The molecule has 0 unspecified atom stereocenters. The summed E-state index contributed by atoms with van der Waals surface area (Å²) < 4.78 is 25.3. The minimum Gasteiger partial charge on any atom is -0.506 e. The molecule has 12 heteroatoms. The van der Waals surface area contributed by atoms with E-state index in [1.165, 1.54) is 18.2 Å². The second kappa shape index (κ2) is 13.1. The number of benzene rings is 3. The van der Waals surface area contributed by atoms with Gasteiger partial charge in [-0.25, -0.2) is 8.42 Å². The zero-order valence-corrected chi connectivity index (χ0v) is 24.7. The van der Waals surface area contributed by atoms with Gasteiger partial charge in [-0.05, 0) is 66.8 Å². The number of anilines is 1. The van der Waals surface area contributed by atoms with Gasteiger partial charge in [0.2, 0.25) is 15.9 Å². The molecule has 0 bridgehead atoms. The number of hydrogen-bond acceptors (Lipinski definition) is 7. The summed E-state index contributed by atoms with van der Waals surface area (Å²) in [7, 11) is -3.59. The fourth-order valence-electron chi connectivity index (χ4n) is 4.12. The number of nitrogens with one attached hydrogen (secondary N) is 3. The highest BCUT2D eigenvalue weighted by molar-refractivity contribution is 7.92. The van der Waals surface area contributed by atoms with Crippen molar-refractivity contribution >= 4 is 44.8 Å². The van der Waals surface area contributed by atoms with E-state index in [2.05, 4.69) is 15.4 Å². The third kappa shape index (κ3) is 9.57. The van der Waals surface area contributed by atoms with Crippen molar-refractivity contribution in [2.45, 2.75) is 44.9 Å². The Morgan fingerprint density at radius 2 is 1.62 bits per heavy atom. The number of amides is 1. The van der Waals surface area contributed by atoms with E-state index in [1.807, 2.05) is 38.1 Å². The SMILES string of the molecule is CC(C)(Cc1cccc(CC(=O)NCc2cc(Cl)c(O)c(Cl)c2)c1)NC[C@H](O)c1ccc(O)c(NS(C)(=O)=O)c1. The Hall–Kier alpha value is -3.02. The lowest BCUT2D eigenvalue weighted by Gasteiger charge is -2.28. The summed E-state index contributed by atoms with van der Waals surface area (Å²) in [6.45, 7) is 4.37. The molecular formula is C28H33Cl2N3O6S. The van der Waals surface area contributed by atoms with Crippen LogP contribution in [-0.4, -0.2) is 48.0 Å². The van der Waals surface area contributed by atoms with Crippen LogP contribution in [0, 0.1) is 0 Å². The smallest absolute Gasteiger partial charge is 0.229 e. The van der Waals surface area contributed by atoms with Gasteiger partial charge < -0.3 is 26.0 Å². The first-order valence-electron chi connectivity index (χ1n) is 12.4. The Labute approximate surface area is 244 Å². The number of aliphatic hydroxyl groups excluding tert-OH is 1. The van der Waals surface area contributed by atoms with Gasteiger partial charge in [0, 0.05) is 18.6 Å². The molecular weight excluding hydrogens is 577 g/mol. The van der Waals surface area contributed by atoms with E-state index in [-0.39, 0.29) is 52.6 Å². The van der Waals surface area contributed by atoms with Gasteiger partial charge in [-0.3, -0.25) is 9.52 Å². The number of halogens is 2. The maximum Gasteiger partial charge on any atom is 0.229 e. The highest BCUT2D eigenvalue weighted by Gasteiger charge is 2.21. The number of sulfonamides is 1. The average Bonchev–Trinajstić information content (AvgIpc) is 2.85. The molecule has 0 aliphatic rings. The van der Waals surface area contributed by atoms with Crippen LogP contribution in [0.3, 0.4) is 0 Å². The molecule has 0 radical (unpaired) electrons. The van der Waals surface area contributed by atoms with E-state index in [0.29, 0.717) is 17.5 Å². The molecule has 0 spiro atoms. The second-order valence-corrected chi connectivity index (χ2v) is 12.9. The first-order chi connectivity index (χ1) is 18.6. The summed E-state index contributed by atoms with van der Waals surface area (Å²) in [4.78, 5) is 12.5. The van der Waals surface area contributed by atoms with E-state index in [1.54, 1.807) is 12.1 Å². The van der Waals surface area contributed by atoms with Gasteiger partial charge in [-0.2, -0.15) is 0 Å². The van der Waals surface area contributed by atoms with Crippen molar-refractivity contribution < 1.29 is 28.5 Å². The minimum atomic E-state index is -3.59. The van der Waals surface area contributed by atoms with Crippen LogP contribution in [-0.2, 0) is 34.2 Å². The van der Waals surface area contributed by atoms with Crippen LogP contribution in [0.2, 0.25) is 10.0 Å². The molecule has 0 aromatic heterocycles. The Morgan fingerprint density at radius 1 is 0.975 bits per heavy atom. The topological polar surface area (TPSA) is 148 Å². The predicted octanol–water partition coefficient (Wildman–Crippen LogP) is 4.28. The van der Waals surface area contributed by atoms with Crippen molar-refractivity contribution in [1.82, 2.24) is 10.6 Å². The third-order valence-corrected chi connectivity index (χ3v) is 7.21. The fourth-order valence-corrected chi connectivity index (χ4v) is 5.22. The van der Waals surface area contributed by atoms with Crippen molar-refractivity contribution in [2.24, 2.45) is 0 Å². The molecule has 3 aromatic carbocycles. The molecule has 0 saturated heterocycles. The van der Waals surface area contributed by atoms with Gasteiger partial charge in [0.1, 0.15) is 5.75 Å². The molecule has 1 amide bonds. The number of aliphatic hydroxyl groups is 1. The summed E-state index contributed by atoms with van der Waals surface area (Å²) in [5.74, 6) is -0.618. The zero-order valence-electron chi connectivity index (χ0n) is 22.3. The zero-order chi connectivity index (χ0) is 29.7. The number of phenols is 2. The monoisotopic (exact) mass is 609 g/mol. The first-order valence-corrected chi connectivity index (χ1v) is 15.0. The van der Waals surface area contributed by atoms with Crippen LogP contribution in [0.5, 0.6) is 11.5 Å². The van der Waals surface area contributed by atoms with Crippen LogP contribution < -0.4 is 15.4 Å². The van der Waals surface area contributed by atoms with Crippen LogP contribution in [0.15, 0.2) is 54.6 Å². The Bertz CT molecular complexity index is 1460. The molecule has 0 saturated carbocycles. The van der Waals surface area contributed by atoms with E-state index < -0.39 is 21.7 Å². The molecule has 9 nitrogen and oxygen atoms in total. The Balaban J connectivity index is 1.56.